The summed E-state index contributed by atoms with van der Waals surface area (Å²) in [5.41, 5.74) is 3.45. The Morgan fingerprint density at radius 2 is 2.00 bits per heavy atom. The molecule has 0 amide bonds. The molecule has 0 atom stereocenters. The number of aromatic nitrogens is 2. The van der Waals surface area contributed by atoms with Crippen molar-refractivity contribution in [2.45, 2.75) is 27.7 Å². The number of hydrogen-bond acceptors (Lipinski definition) is 6. The summed E-state index contributed by atoms with van der Waals surface area (Å²) in [7, 11) is 0. The number of aliphatic imine (C=N–C) groups is 1. The topological polar surface area (TPSA) is 100 Å². The van der Waals surface area contributed by atoms with Crippen LogP contribution in [0.1, 0.15) is 44.5 Å². The SMILES string of the molecule is CCOC(=O)c1sc(/N=C/c2c(C)[nH]n(-c3ccc(C)cc3)c2=O)c(C#N)c1C. The molecule has 2 heterocycles. The van der Waals surface area contributed by atoms with Crippen LogP contribution in [0.3, 0.4) is 0 Å². The molecule has 3 rings (SSSR count). The number of esters is 1. The number of H-pyrrole nitrogens is 1. The fourth-order valence-electron chi connectivity index (χ4n) is 2.82. The molecule has 1 aromatic carbocycles. The van der Waals surface area contributed by atoms with Gasteiger partial charge in [0.25, 0.3) is 5.56 Å². The van der Waals surface area contributed by atoms with E-state index in [4.69, 9.17) is 4.74 Å². The zero-order valence-corrected chi connectivity index (χ0v) is 17.4. The van der Waals surface area contributed by atoms with Gasteiger partial charge in [0.2, 0.25) is 0 Å². The highest BCUT2D eigenvalue weighted by Gasteiger charge is 2.21. The molecule has 0 aliphatic heterocycles. The van der Waals surface area contributed by atoms with Crippen molar-refractivity contribution in [2.75, 3.05) is 6.61 Å². The second kappa shape index (κ2) is 8.29. The maximum absolute atomic E-state index is 12.8. The fourth-order valence-corrected chi connectivity index (χ4v) is 3.82. The maximum Gasteiger partial charge on any atom is 0.348 e. The highest BCUT2D eigenvalue weighted by atomic mass is 32.1. The van der Waals surface area contributed by atoms with Crippen LogP contribution in [0, 0.1) is 32.1 Å². The van der Waals surface area contributed by atoms with E-state index in [9.17, 15) is 14.9 Å². The van der Waals surface area contributed by atoms with Crippen LogP contribution in [0.2, 0.25) is 0 Å². The van der Waals surface area contributed by atoms with Crippen molar-refractivity contribution in [1.29, 1.82) is 5.26 Å². The number of ether oxygens (including phenoxy) is 1. The number of rotatable bonds is 5. The van der Waals surface area contributed by atoms with Crippen LogP contribution < -0.4 is 5.56 Å². The Hall–Kier alpha value is -3.44. The van der Waals surface area contributed by atoms with Gasteiger partial charge in [0.1, 0.15) is 15.9 Å². The molecule has 7 nitrogen and oxygen atoms in total. The van der Waals surface area contributed by atoms with Crippen molar-refractivity contribution in [3.05, 3.63) is 67.4 Å². The molecule has 0 saturated carbocycles. The molecule has 0 bridgehead atoms. The highest BCUT2D eigenvalue weighted by Crippen LogP contribution is 2.35. The predicted octanol–water partition coefficient (Wildman–Crippen LogP) is 3.95. The molecule has 0 aliphatic rings. The van der Waals surface area contributed by atoms with Gasteiger partial charge >= 0.3 is 5.97 Å². The van der Waals surface area contributed by atoms with Gasteiger partial charge in [0.05, 0.1) is 23.4 Å². The van der Waals surface area contributed by atoms with E-state index in [-0.39, 0.29) is 12.2 Å². The molecule has 29 heavy (non-hydrogen) atoms. The van der Waals surface area contributed by atoms with Gasteiger partial charge in [-0.25, -0.2) is 14.5 Å². The largest absolute Gasteiger partial charge is 0.462 e. The zero-order valence-electron chi connectivity index (χ0n) is 16.6. The molecular formula is C21H20N4O3S. The normalized spacial score (nSPS) is 11.0. The molecule has 0 unspecified atom stereocenters. The number of benzene rings is 1. The average Bonchev–Trinajstić information content (AvgIpc) is 3.16. The predicted molar refractivity (Wildman–Crippen MR) is 113 cm³/mol. The van der Waals surface area contributed by atoms with E-state index >= 15 is 0 Å². The molecule has 148 valence electrons. The van der Waals surface area contributed by atoms with Crippen molar-refractivity contribution in [3.63, 3.8) is 0 Å². The van der Waals surface area contributed by atoms with E-state index in [1.165, 1.54) is 10.9 Å². The molecule has 1 N–H and O–H groups in total. The van der Waals surface area contributed by atoms with Gasteiger partial charge < -0.3 is 4.74 Å². The molecular weight excluding hydrogens is 388 g/mol. The van der Waals surface area contributed by atoms with Crippen LogP contribution in [0.25, 0.3) is 5.69 Å². The second-order valence-electron chi connectivity index (χ2n) is 6.45. The summed E-state index contributed by atoms with van der Waals surface area (Å²) >= 11 is 1.08. The molecule has 0 fully saturated rings. The van der Waals surface area contributed by atoms with Crippen molar-refractivity contribution in [3.8, 4) is 11.8 Å². The molecule has 3 aromatic rings. The van der Waals surface area contributed by atoms with Crippen molar-refractivity contribution < 1.29 is 9.53 Å². The maximum atomic E-state index is 12.8. The number of carbonyl (C=O) groups is 1. The number of nitriles is 1. The van der Waals surface area contributed by atoms with E-state index in [1.807, 2.05) is 31.2 Å². The fraction of sp³-hybridized carbons (Fsp3) is 0.238. The van der Waals surface area contributed by atoms with Crippen LogP contribution in [-0.4, -0.2) is 28.6 Å². The lowest BCUT2D eigenvalue weighted by atomic mass is 10.2. The van der Waals surface area contributed by atoms with Crippen molar-refractivity contribution in [2.24, 2.45) is 4.99 Å². The van der Waals surface area contributed by atoms with E-state index in [0.717, 1.165) is 22.6 Å². The standard InChI is InChI=1S/C21H20N4O3S/c1-5-28-21(27)18-13(3)16(10-22)19(29-18)23-11-17-14(4)24-25(20(17)26)15-8-6-12(2)7-9-15/h6-9,11,24H,5H2,1-4H3/b23-11+. The summed E-state index contributed by atoms with van der Waals surface area (Å²) in [6, 6.07) is 9.65. The number of aromatic amines is 1. The van der Waals surface area contributed by atoms with Crippen LogP contribution in [0.4, 0.5) is 5.00 Å². The van der Waals surface area contributed by atoms with Crippen molar-refractivity contribution in [1.82, 2.24) is 9.78 Å². The third-order valence-electron chi connectivity index (χ3n) is 4.42. The van der Waals surface area contributed by atoms with Gasteiger partial charge in [0.15, 0.2) is 0 Å². The van der Waals surface area contributed by atoms with Crippen LogP contribution in [0.15, 0.2) is 34.1 Å². The summed E-state index contributed by atoms with van der Waals surface area (Å²) in [6.45, 7) is 7.41. The first kappa shape index (κ1) is 20.3. The Labute approximate surface area is 171 Å². The third kappa shape index (κ3) is 3.91. The van der Waals surface area contributed by atoms with Gasteiger partial charge in [0, 0.05) is 11.9 Å². The number of carbonyl (C=O) groups excluding carboxylic acids is 1. The number of nitrogens with zero attached hydrogens (tertiary/aromatic N) is 3. The first-order chi connectivity index (χ1) is 13.9. The Morgan fingerprint density at radius 3 is 2.62 bits per heavy atom. The summed E-state index contributed by atoms with van der Waals surface area (Å²) in [5.74, 6) is -0.479. The highest BCUT2D eigenvalue weighted by molar-refractivity contribution is 7.18. The molecule has 0 radical (unpaired) electrons. The van der Waals surface area contributed by atoms with Gasteiger partial charge in [-0.3, -0.25) is 9.89 Å². The Balaban J connectivity index is 2.00. The van der Waals surface area contributed by atoms with E-state index < -0.39 is 5.97 Å². The van der Waals surface area contributed by atoms with Gasteiger partial charge in [-0.05, 0) is 45.4 Å². The van der Waals surface area contributed by atoms with Gasteiger partial charge in [-0.2, -0.15) is 5.26 Å². The van der Waals surface area contributed by atoms with Crippen LogP contribution in [-0.2, 0) is 4.74 Å². The summed E-state index contributed by atoms with van der Waals surface area (Å²) < 4.78 is 6.48. The first-order valence-corrected chi connectivity index (χ1v) is 9.82. The van der Waals surface area contributed by atoms with E-state index in [2.05, 4.69) is 16.2 Å². The molecule has 2 aromatic heterocycles. The molecule has 0 saturated heterocycles. The number of nitrogens with one attached hydrogen (secondary N) is 1. The molecule has 0 spiro atoms. The lowest BCUT2D eigenvalue weighted by Crippen LogP contribution is -2.17. The Bertz CT molecular complexity index is 1190. The third-order valence-corrected chi connectivity index (χ3v) is 5.60. The smallest absolute Gasteiger partial charge is 0.348 e. The quantitative estimate of drug-likeness (QED) is 0.510. The average molecular weight is 408 g/mol. The minimum atomic E-state index is -0.479. The first-order valence-electron chi connectivity index (χ1n) is 9.00. The lowest BCUT2D eigenvalue weighted by molar-refractivity contribution is 0.0531. The summed E-state index contributed by atoms with van der Waals surface area (Å²) in [5, 5.41) is 12.9. The Kier molecular flexibility index (Phi) is 5.80. The van der Waals surface area contributed by atoms with Crippen LogP contribution >= 0.6 is 11.3 Å². The van der Waals surface area contributed by atoms with Gasteiger partial charge in [-0.1, -0.05) is 17.7 Å². The van der Waals surface area contributed by atoms with Crippen LogP contribution in [0.5, 0.6) is 0 Å². The Morgan fingerprint density at radius 1 is 1.31 bits per heavy atom. The second-order valence-corrected chi connectivity index (χ2v) is 7.45. The van der Waals surface area contributed by atoms with E-state index in [1.54, 1.807) is 20.8 Å². The molecule has 0 aliphatic carbocycles. The summed E-state index contributed by atoms with van der Waals surface area (Å²) in [6.07, 6.45) is 1.43. The zero-order chi connectivity index (χ0) is 21.1. The van der Waals surface area contributed by atoms with E-state index in [0.29, 0.717) is 32.3 Å². The number of hydrogen-bond donors (Lipinski definition) is 1. The minimum Gasteiger partial charge on any atom is -0.462 e. The summed E-state index contributed by atoms with van der Waals surface area (Å²) in [4.78, 5) is 29.6. The van der Waals surface area contributed by atoms with Gasteiger partial charge in [-0.15, -0.1) is 11.3 Å². The van der Waals surface area contributed by atoms with Crippen molar-refractivity contribution >= 4 is 28.5 Å². The number of aryl methyl sites for hydroxylation is 2. The lowest BCUT2D eigenvalue weighted by Gasteiger charge is -2.01. The minimum absolute atomic E-state index is 0.243. The monoisotopic (exact) mass is 408 g/mol. The molecule has 8 heteroatoms. The number of thiophene rings is 1.